The number of benzene rings is 2. The van der Waals surface area contributed by atoms with Crippen molar-refractivity contribution in [1.82, 2.24) is 10.2 Å². The summed E-state index contributed by atoms with van der Waals surface area (Å²) in [6, 6.07) is 15.7. The normalized spacial score (nSPS) is 23.4. The van der Waals surface area contributed by atoms with E-state index in [1.165, 1.54) is 11.1 Å². The lowest BCUT2D eigenvalue weighted by atomic mass is 9.78. The van der Waals surface area contributed by atoms with Crippen LogP contribution in [0.5, 0.6) is 0 Å². The highest BCUT2D eigenvalue weighted by atomic mass is 16.5. The maximum absolute atomic E-state index is 13.2. The van der Waals surface area contributed by atoms with E-state index >= 15 is 0 Å². The van der Waals surface area contributed by atoms with Gasteiger partial charge in [0.15, 0.2) is 0 Å². The lowest BCUT2D eigenvalue weighted by Crippen LogP contribution is -2.47. The van der Waals surface area contributed by atoms with Crippen LogP contribution in [0.2, 0.25) is 0 Å². The molecule has 3 aliphatic rings. The van der Waals surface area contributed by atoms with Crippen LogP contribution in [0.3, 0.4) is 0 Å². The van der Waals surface area contributed by atoms with Crippen molar-refractivity contribution in [3.8, 4) is 11.1 Å². The van der Waals surface area contributed by atoms with Crippen LogP contribution >= 0.6 is 0 Å². The monoisotopic (exact) mass is 476 g/mol. The van der Waals surface area contributed by atoms with Crippen LogP contribution in [-0.4, -0.2) is 53.7 Å². The second-order valence-corrected chi connectivity index (χ2v) is 9.89. The Morgan fingerprint density at radius 2 is 1.57 bits per heavy atom. The average Bonchev–Trinajstić information content (AvgIpc) is 3.50. The fraction of sp³-hybridized carbons (Fsp3) is 0.464. The Morgan fingerprint density at radius 1 is 0.914 bits per heavy atom. The van der Waals surface area contributed by atoms with Gasteiger partial charge in [-0.15, -0.1) is 0 Å². The number of amides is 2. The number of carbonyl (C=O) groups excluding carboxylic acids is 2. The highest BCUT2D eigenvalue weighted by Crippen LogP contribution is 2.44. The number of ether oxygens (including phenoxy) is 1. The number of carboxylic acid groups (broad SMARTS) is 1. The number of hydrogen-bond acceptors (Lipinski definition) is 4. The molecule has 184 valence electrons. The van der Waals surface area contributed by atoms with Crippen LogP contribution < -0.4 is 5.32 Å². The van der Waals surface area contributed by atoms with Gasteiger partial charge in [-0.1, -0.05) is 61.4 Å². The van der Waals surface area contributed by atoms with E-state index in [1.807, 2.05) is 24.3 Å². The van der Waals surface area contributed by atoms with Crippen molar-refractivity contribution in [2.45, 2.75) is 50.5 Å². The molecule has 5 rings (SSSR count). The van der Waals surface area contributed by atoms with Gasteiger partial charge >= 0.3 is 12.1 Å². The summed E-state index contributed by atoms with van der Waals surface area (Å²) in [5.41, 5.74) is 4.69. The molecular weight excluding hydrogens is 444 g/mol. The minimum Gasteiger partial charge on any atom is -0.480 e. The molecule has 7 heteroatoms. The van der Waals surface area contributed by atoms with Gasteiger partial charge in [0, 0.05) is 24.9 Å². The summed E-state index contributed by atoms with van der Waals surface area (Å²) in [4.78, 5) is 39.0. The minimum absolute atomic E-state index is 0.000255. The van der Waals surface area contributed by atoms with E-state index in [-0.39, 0.29) is 30.3 Å². The van der Waals surface area contributed by atoms with Crippen LogP contribution in [0.1, 0.15) is 55.6 Å². The first-order valence-electron chi connectivity index (χ1n) is 12.7. The Bertz CT molecular complexity index is 1070. The molecule has 1 aliphatic heterocycles. The van der Waals surface area contributed by atoms with Crippen molar-refractivity contribution < 1.29 is 24.2 Å². The first kappa shape index (κ1) is 23.4. The van der Waals surface area contributed by atoms with Gasteiger partial charge in [0.05, 0.1) is 0 Å². The Labute approximate surface area is 205 Å². The average molecular weight is 477 g/mol. The molecule has 1 saturated carbocycles. The quantitative estimate of drug-likeness (QED) is 0.644. The standard InChI is InChI=1S/C28H32N2O5/c31-26(30-15-7-14-25(30)27(32)33)19-9-2-1-8-18(19)16-29-28(34)35-17-24-22-12-5-3-10-20(22)21-11-4-6-13-23(21)24/h3-6,10-13,18-19,24-25H,1-2,7-9,14-17H2,(H,29,34)(H,32,33)/t18?,19?,25-/m0/s1. The summed E-state index contributed by atoms with van der Waals surface area (Å²) in [5.74, 6) is -1.27. The van der Waals surface area contributed by atoms with E-state index in [0.29, 0.717) is 19.5 Å². The van der Waals surface area contributed by atoms with Gasteiger partial charge in [-0.05, 0) is 53.9 Å². The van der Waals surface area contributed by atoms with Gasteiger partial charge in [-0.25, -0.2) is 9.59 Å². The van der Waals surface area contributed by atoms with Crippen molar-refractivity contribution in [2.24, 2.45) is 11.8 Å². The number of likely N-dealkylation sites (tertiary alicyclic amines) is 1. The summed E-state index contributed by atoms with van der Waals surface area (Å²) >= 11 is 0. The van der Waals surface area contributed by atoms with Gasteiger partial charge in [-0.2, -0.15) is 0 Å². The molecule has 2 fully saturated rings. The Balaban J connectivity index is 1.19. The number of nitrogens with zero attached hydrogens (tertiary/aromatic N) is 1. The molecule has 2 aromatic carbocycles. The predicted octanol–water partition coefficient (Wildman–Crippen LogP) is 4.41. The molecule has 3 atom stereocenters. The fourth-order valence-electron chi connectivity index (χ4n) is 6.14. The first-order valence-corrected chi connectivity index (χ1v) is 12.7. The Kier molecular flexibility index (Phi) is 6.75. The van der Waals surface area contributed by atoms with Crippen LogP contribution in [0, 0.1) is 11.8 Å². The summed E-state index contributed by atoms with van der Waals surface area (Å²) in [5, 5.41) is 12.4. The van der Waals surface area contributed by atoms with Gasteiger partial charge < -0.3 is 20.1 Å². The molecular formula is C28H32N2O5. The third-order valence-electron chi connectivity index (χ3n) is 7.90. The molecule has 35 heavy (non-hydrogen) atoms. The number of aliphatic carboxylic acids is 1. The van der Waals surface area contributed by atoms with E-state index < -0.39 is 18.1 Å². The molecule has 2 unspecified atom stereocenters. The smallest absolute Gasteiger partial charge is 0.407 e. The van der Waals surface area contributed by atoms with Crippen molar-refractivity contribution >= 4 is 18.0 Å². The summed E-state index contributed by atoms with van der Waals surface area (Å²) < 4.78 is 5.65. The third-order valence-corrected chi connectivity index (χ3v) is 7.90. The predicted molar refractivity (Wildman–Crippen MR) is 131 cm³/mol. The zero-order valence-electron chi connectivity index (χ0n) is 19.8. The lowest BCUT2D eigenvalue weighted by Gasteiger charge is -2.34. The number of fused-ring (bicyclic) bond motifs is 3. The summed E-state index contributed by atoms with van der Waals surface area (Å²) in [6.07, 6.45) is 4.28. The van der Waals surface area contributed by atoms with Crippen molar-refractivity contribution in [3.05, 3.63) is 59.7 Å². The zero-order chi connectivity index (χ0) is 24.4. The fourth-order valence-corrected chi connectivity index (χ4v) is 6.14. The highest BCUT2D eigenvalue weighted by Gasteiger charge is 2.40. The Morgan fingerprint density at radius 3 is 2.26 bits per heavy atom. The minimum atomic E-state index is -0.931. The topological polar surface area (TPSA) is 95.9 Å². The molecule has 0 radical (unpaired) electrons. The SMILES string of the molecule is O=C(NCC1CCCCC1C(=O)N1CCC[C@H]1C(=O)O)OCC1c2ccccc2-c2ccccc21. The largest absolute Gasteiger partial charge is 0.480 e. The molecule has 1 saturated heterocycles. The molecule has 1 heterocycles. The van der Waals surface area contributed by atoms with E-state index in [1.54, 1.807) is 4.90 Å². The summed E-state index contributed by atoms with van der Waals surface area (Å²) in [6.45, 7) is 1.11. The third kappa shape index (κ3) is 4.64. The summed E-state index contributed by atoms with van der Waals surface area (Å²) in [7, 11) is 0. The number of rotatable bonds is 6. The van der Waals surface area contributed by atoms with Crippen LogP contribution in [0.4, 0.5) is 4.79 Å². The molecule has 2 aromatic rings. The second-order valence-electron chi connectivity index (χ2n) is 9.89. The molecule has 2 aliphatic carbocycles. The van der Waals surface area contributed by atoms with Crippen molar-refractivity contribution in [1.29, 1.82) is 0 Å². The number of hydrogen-bond donors (Lipinski definition) is 2. The van der Waals surface area contributed by atoms with Crippen molar-refractivity contribution in [3.63, 3.8) is 0 Å². The van der Waals surface area contributed by atoms with E-state index in [4.69, 9.17) is 4.74 Å². The molecule has 7 nitrogen and oxygen atoms in total. The van der Waals surface area contributed by atoms with E-state index in [2.05, 4.69) is 29.6 Å². The molecule has 2 N–H and O–H groups in total. The number of carboxylic acids is 1. The van der Waals surface area contributed by atoms with Crippen LogP contribution in [-0.2, 0) is 14.3 Å². The van der Waals surface area contributed by atoms with Gasteiger partial charge in [0.2, 0.25) is 5.91 Å². The number of alkyl carbamates (subject to hydrolysis) is 1. The van der Waals surface area contributed by atoms with Gasteiger partial charge in [0.1, 0.15) is 12.6 Å². The molecule has 2 amide bonds. The maximum Gasteiger partial charge on any atom is 0.407 e. The second kappa shape index (κ2) is 10.1. The van der Waals surface area contributed by atoms with E-state index in [9.17, 15) is 19.5 Å². The Hall–Kier alpha value is -3.35. The molecule has 0 bridgehead atoms. The van der Waals surface area contributed by atoms with Crippen molar-refractivity contribution in [2.75, 3.05) is 19.7 Å². The zero-order valence-corrected chi connectivity index (χ0v) is 19.8. The number of carbonyl (C=O) groups is 3. The van der Waals surface area contributed by atoms with Gasteiger partial charge in [0.25, 0.3) is 0 Å². The van der Waals surface area contributed by atoms with Gasteiger partial charge in [-0.3, -0.25) is 4.79 Å². The van der Waals surface area contributed by atoms with Crippen LogP contribution in [0.15, 0.2) is 48.5 Å². The van der Waals surface area contributed by atoms with Crippen LogP contribution in [0.25, 0.3) is 11.1 Å². The highest BCUT2D eigenvalue weighted by molar-refractivity contribution is 5.86. The van der Waals surface area contributed by atoms with E-state index in [0.717, 1.165) is 43.2 Å². The molecule has 0 aromatic heterocycles. The number of nitrogens with one attached hydrogen (secondary N) is 1. The maximum atomic E-state index is 13.2. The first-order chi connectivity index (χ1) is 17.0. The molecule has 0 spiro atoms. The lowest BCUT2D eigenvalue weighted by molar-refractivity contribution is -0.151.